The second kappa shape index (κ2) is 4.68. The third-order valence-electron chi connectivity index (χ3n) is 3.06. The number of nitrogen functional groups attached to an aromatic ring is 1. The van der Waals surface area contributed by atoms with Gasteiger partial charge in [-0.25, -0.2) is 9.97 Å². The summed E-state index contributed by atoms with van der Waals surface area (Å²) in [7, 11) is 3.89. The number of rotatable bonds is 2. The molecule has 0 saturated carbocycles. The summed E-state index contributed by atoms with van der Waals surface area (Å²) in [5.74, 6) is 1.55. The normalized spacial score (nSPS) is 10.9. The Labute approximate surface area is 121 Å². The van der Waals surface area contributed by atoms with Crippen molar-refractivity contribution in [2.45, 2.75) is 0 Å². The van der Waals surface area contributed by atoms with Crippen molar-refractivity contribution < 1.29 is 0 Å². The standard InChI is InChI=1S/C14H14ClN5/c1-20(2)12-6-5-11-14(18-12)19-13(17-11)9-4-3-8(15)7-10(9)16/h3-7H,16H2,1-2H3,(H,17,18,19). The quantitative estimate of drug-likeness (QED) is 0.711. The number of pyridine rings is 1. The fraction of sp³-hybridized carbons (Fsp3) is 0.143. The fourth-order valence-electron chi connectivity index (χ4n) is 2.01. The Morgan fingerprint density at radius 3 is 2.65 bits per heavy atom. The van der Waals surface area contributed by atoms with Crippen molar-refractivity contribution in [2.24, 2.45) is 0 Å². The van der Waals surface area contributed by atoms with E-state index in [2.05, 4.69) is 15.0 Å². The van der Waals surface area contributed by atoms with Gasteiger partial charge in [-0.15, -0.1) is 0 Å². The molecule has 1 aromatic carbocycles. The van der Waals surface area contributed by atoms with Crippen LogP contribution in [0.4, 0.5) is 11.5 Å². The molecule has 0 unspecified atom stereocenters. The molecular formula is C14H14ClN5. The van der Waals surface area contributed by atoms with Gasteiger partial charge in [0.05, 0.1) is 5.52 Å². The zero-order valence-electron chi connectivity index (χ0n) is 11.2. The van der Waals surface area contributed by atoms with Crippen LogP contribution >= 0.6 is 11.6 Å². The predicted molar refractivity (Wildman–Crippen MR) is 83.1 cm³/mol. The molecule has 0 saturated heterocycles. The number of benzene rings is 1. The number of nitrogens with two attached hydrogens (primary N) is 1. The summed E-state index contributed by atoms with van der Waals surface area (Å²) in [6.07, 6.45) is 0. The first kappa shape index (κ1) is 12.7. The lowest BCUT2D eigenvalue weighted by Crippen LogP contribution is -2.10. The number of aromatic nitrogens is 3. The van der Waals surface area contributed by atoms with Crippen molar-refractivity contribution in [3.05, 3.63) is 35.4 Å². The van der Waals surface area contributed by atoms with Crippen molar-refractivity contribution in [2.75, 3.05) is 24.7 Å². The highest BCUT2D eigenvalue weighted by molar-refractivity contribution is 6.31. The van der Waals surface area contributed by atoms with Gasteiger partial charge >= 0.3 is 0 Å². The lowest BCUT2D eigenvalue weighted by molar-refractivity contribution is 1.08. The van der Waals surface area contributed by atoms with Crippen LogP contribution in [-0.4, -0.2) is 29.0 Å². The number of nitrogens with one attached hydrogen (secondary N) is 1. The number of hydrogen-bond donors (Lipinski definition) is 2. The molecule has 6 heteroatoms. The molecule has 0 aliphatic carbocycles. The lowest BCUT2D eigenvalue weighted by atomic mass is 10.2. The van der Waals surface area contributed by atoms with Crippen LogP contribution in [0.2, 0.25) is 5.02 Å². The summed E-state index contributed by atoms with van der Waals surface area (Å²) in [5.41, 5.74) is 8.93. The van der Waals surface area contributed by atoms with Gasteiger partial charge in [0.1, 0.15) is 11.6 Å². The molecule has 2 heterocycles. The van der Waals surface area contributed by atoms with E-state index in [-0.39, 0.29) is 0 Å². The van der Waals surface area contributed by atoms with Crippen molar-refractivity contribution in [3.8, 4) is 11.4 Å². The highest BCUT2D eigenvalue weighted by Gasteiger charge is 2.10. The Morgan fingerprint density at radius 2 is 1.95 bits per heavy atom. The van der Waals surface area contributed by atoms with E-state index in [1.54, 1.807) is 12.1 Å². The zero-order valence-corrected chi connectivity index (χ0v) is 11.9. The van der Waals surface area contributed by atoms with Gasteiger partial charge in [-0.3, -0.25) is 0 Å². The third-order valence-corrected chi connectivity index (χ3v) is 3.29. The number of fused-ring (bicyclic) bond motifs is 1. The van der Waals surface area contributed by atoms with E-state index in [1.165, 1.54) is 0 Å². The third kappa shape index (κ3) is 2.16. The average Bonchev–Trinajstić information content (AvgIpc) is 2.80. The van der Waals surface area contributed by atoms with E-state index in [0.717, 1.165) is 16.9 Å². The molecule has 102 valence electrons. The summed E-state index contributed by atoms with van der Waals surface area (Å²) < 4.78 is 0. The minimum atomic E-state index is 0.587. The number of halogens is 1. The summed E-state index contributed by atoms with van der Waals surface area (Å²) in [6, 6.07) is 9.25. The number of imidazole rings is 1. The second-order valence-corrected chi connectivity index (χ2v) is 5.19. The predicted octanol–water partition coefficient (Wildman–Crippen LogP) is 2.93. The molecule has 0 radical (unpaired) electrons. The molecule has 0 bridgehead atoms. The molecule has 3 rings (SSSR count). The van der Waals surface area contributed by atoms with E-state index < -0.39 is 0 Å². The first-order valence-corrected chi connectivity index (χ1v) is 6.52. The Kier molecular flexibility index (Phi) is 2.99. The van der Waals surface area contributed by atoms with Crippen LogP contribution in [0.5, 0.6) is 0 Å². The van der Waals surface area contributed by atoms with Crippen molar-refractivity contribution >= 4 is 34.3 Å². The van der Waals surface area contributed by atoms with Gasteiger partial charge in [0.25, 0.3) is 0 Å². The number of hydrogen-bond acceptors (Lipinski definition) is 4. The van der Waals surface area contributed by atoms with Gasteiger partial charge in [0, 0.05) is 30.4 Å². The minimum absolute atomic E-state index is 0.587. The lowest BCUT2D eigenvalue weighted by Gasteiger charge is -2.09. The van der Waals surface area contributed by atoms with Crippen molar-refractivity contribution in [1.82, 2.24) is 15.0 Å². The van der Waals surface area contributed by atoms with Gasteiger partial charge in [-0.05, 0) is 30.3 Å². The van der Waals surface area contributed by atoms with Crippen LogP contribution < -0.4 is 10.6 Å². The molecule has 0 atom stereocenters. The first-order chi connectivity index (χ1) is 9.54. The van der Waals surface area contributed by atoms with Crippen LogP contribution in [0.1, 0.15) is 0 Å². The zero-order chi connectivity index (χ0) is 14.3. The van der Waals surface area contributed by atoms with Gasteiger partial charge in [0.15, 0.2) is 5.65 Å². The van der Waals surface area contributed by atoms with Crippen LogP contribution in [0.25, 0.3) is 22.6 Å². The summed E-state index contributed by atoms with van der Waals surface area (Å²) in [4.78, 5) is 14.1. The molecule has 2 aromatic heterocycles. The van der Waals surface area contributed by atoms with Crippen LogP contribution in [0.3, 0.4) is 0 Å². The molecule has 3 aromatic rings. The van der Waals surface area contributed by atoms with E-state index >= 15 is 0 Å². The molecule has 0 spiro atoms. The van der Waals surface area contributed by atoms with Gasteiger partial charge < -0.3 is 15.6 Å². The van der Waals surface area contributed by atoms with E-state index in [4.69, 9.17) is 17.3 Å². The molecule has 5 nitrogen and oxygen atoms in total. The van der Waals surface area contributed by atoms with Crippen LogP contribution in [0.15, 0.2) is 30.3 Å². The van der Waals surface area contributed by atoms with Gasteiger partial charge in [0.2, 0.25) is 0 Å². The molecule has 0 aliphatic rings. The number of aromatic amines is 1. The van der Waals surface area contributed by atoms with Crippen LogP contribution in [-0.2, 0) is 0 Å². The molecule has 20 heavy (non-hydrogen) atoms. The number of nitrogens with zero attached hydrogens (tertiary/aromatic N) is 3. The minimum Gasteiger partial charge on any atom is -0.398 e. The van der Waals surface area contributed by atoms with Crippen LogP contribution in [0, 0.1) is 0 Å². The largest absolute Gasteiger partial charge is 0.398 e. The Hall–Kier alpha value is -2.27. The summed E-state index contributed by atoms with van der Waals surface area (Å²) >= 11 is 5.91. The monoisotopic (exact) mass is 287 g/mol. The molecule has 0 fully saturated rings. The maximum atomic E-state index is 5.98. The Balaban J connectivity index is 2.13. The molecule has 3 N–H and O–H groups in total. The van der Waals surface area contributed by atoms with E-state index in [1.807, 2.05) is 37.2 Å². The van der Waals surface area contributed by atoms with Gasteiger partial charge in [-0.2, -0.15) is 0 Å². The average molecular weight is 288 g/mol. The summed E-state index contributed by atoms with van der Waals surface area (Å²) in [6.45, 7) is 0. The SMILES string of the molecule is CN(C)c1ccc2[nH]c(-c3ccc(Cl)cc3N)nc2n1. The van der Waals surface area contributed by atoms with Gasteiger partial charge in [-0.1, -0.05) is 11.6 Å². The van der Waals surface area contributed by atoms with E-state index in [9.17, 15) is 0 Å². The number of H-pyrrole nitrogens is 1. The maximum Gasteiger partial charge on any atom is 0.180 e. The molecular weight excluding hydrogens is 274 g/mol. The van der Waals surface area contributed by atoms with Crippen molar-refractivity contribution in [3.63, 3.8) is 0 Å². The molecule has 0 amide bonds. The highest BCUT2D eigenvalue weighted by Crippen LogP contribution is 2.28. The summed E-state index contributed by atoms with van der Waals surface area (Å²) in [5, 5.41) is 0.607. The topological polar surface area (TPSA) is 70.8 Å². The Morgan fingerprint density at radius 1 is 1.15 bits per heavy atom. The fourth-order valence-corrected chi connectivity index (χ4v) is 2.19. The second-order valence-electron chi connectivity index (χ2n) is 4.75. The highest BCUT2D eigenvalue weighted by atomic mass is 35.5. The molecule has 0 aliphatic heterocycles. The Bertz CT molecular complexity index is 778. The first-order valence-electron chi connectivity index (χ1n) is 6.14. The number of anilines is 2. The van der Waals surface area contributed by atoms with E-state index in [0.29, 0.717) is 22.2 Å². The maximum absolute atomic E-state index is 5.98. The smallest absolute Gasteiger partial charge is 0.180 e. The van der Waals surface area contributed by atoms with Crippen molar-refractivity contribution in [1.29, 1.82) is 0 Å².